The van der Waals surface area contributed by atoms with Gasteiger partial charge in [-0.1, -0.05) is 18.2 Å². The van der Waals surface area contributed by atoms with Gasteiger partial charge in [-0.3, -0.25) is 9.69 Å². The highest BCUT2D eigenvalue weighted by Gasteiger charge is 2.44. The Bertz CT molecular complexity index is 975. The minimum absolute atomic E-state index is 0.166. The van der Waals surface area contributed by atoms with Gasteiger partial charge in [-0.15, -0.1) is 0 Å². The highest BCUT2D eigenvalue weighted by molar-refractivity contribution is 5.93. The molecule has 10 heteroatoms. The van der Waals surface area contributed by atoms with Gasteiger partial charge in [-0.25, -0.2) is 4.79 Å². The first kappa shape index (κ1) is 21.4. The smallest absolute Gasteiger partial charge is 0.366 e. The summed E-state index contributed by atoms with van der Waals surface area (Å²) in [5.74, 6) is -0.0591. The number of primary amides is 1. The first-order valence-electron chi connectivity index (χ1n) is 10.1. The number of aromatic nitrogens is 2. The van der Waals surface area contributed by atoms with E-state index in [1.165, 1.54) is 24.5 Å². The molecule has 2 fully saturated rings. The van der Waals surface area contributed by atoms with E-state index in [2.05, 4.69) is 5.10 Å². The second-order valence-electron chi connectivity index (χ2n) is 8.44. The van der Waals surface area contributed by atoms with Crippen molar-refractivity contribution in [2.75, 3.05) is 20.1 Å². The Morgan fingerprint density at radius 1 is 1.19 bits per heavy atom. The van der Waals surface area contributed by atoms with Crippen LogP contribution in [-0.4, -0.2) is 57.7 Å². The SMILES string of the molecule is CN(Cc1ccccc1C(F)(F)F)[C@@H]1C[C@@H]2CN(C(=O)n3cc(C(N)=O)cn3)C[C@@H]2C1. The Morgan fingerprint density at radius 2 is 1.84 bits per heavy atom. The van der Waals surface area contributed by atoms with Crippen LogP contribution in [0.15, 0.2) is 36.7 Å². The first-order valence-corrected chi connectivity index (χ1v) is 10.1. The fraction of sp³-hybridized carbons (Fsp3) is 0.476. The number of benzene rings is 1. The molecule has 1 saturated carbocycles. The number of hydrogen-bond donors (Lipinski definition) is 1. The number of nitrogens with zero attached hydrogens (tertiary/aromatic N) is 4. The molecule has 1 aliphatic carbocycles. The van der Waals surface area contributed by atoms with Gasteiger partial charge in [0, 0.05) is 31.9 Å². The van der Waals surface area contributed by atoms with Crippen molar-refractivity contribution < 1.29 is 22.8 Å². The van der Waals surface area contributed by atoms with Crippen LogP contribution < -0.4 is 5.73 Å². The predicted octanol–water partition coefficient (Wildman–Crippen LogP) is 2.81. The molecule has 2 heterocycles. The molecule has 1 aliphatic heterocycles. The second kappa shape index (κ2) is 7.99. The Balaban J connectivity index is 1.36. The Hall–Kier alpha value is -2.88. The predicted molar refractivity (Wildman–Crippen MR) is 106 cm³/mol. The third kappa shape index (κ3) is 4.30. The Kier molecular flexibility index (Phi) is 5.50. The van der Waals surface area contributed by atoms with E-state index >= 15 is 0 Å². The van der Waals surface area contributed by atoms with E-state index in [1.807, 2.05) is 11.9 Å². The second-order valence-corrected chi connectivity index (χ2v) is 8.44. The van der Waals surface area contributed by atoms with Gasteiger partial charge < -0.3 is 10.6 Å². The number of carbonyl (C=O) groups excluding carboxylic acids is 2. The van der Waals surface area contributed by atoms with Gasteiger partial charge in [0.25, 0.3) is 5.91 Å². The third-order valence-electron chi connectivity index (χ3n) is 6.43. The average Bonchev–Trinajstić information content (AvgIpc) is 3.41. The zero-order chi connectivity index (χ0) is 22.3. The molecule has 1 saturated heterocycles. The lowest BCUT2D eigenvalue weighted by Gasteiger charge is -2.27. The van der Waals surface area contributed by atoms with Crippen molar-refractivity contribution >= 4 is 11.9 Å². The molecular formula is C21H24F3N5O2. The number of amides is 2. The molecule has 0 bridgehead atoms. The minimum Gasteiger partial charge on any atom is -0.366 e. The van der Waals surface area contributed by atoms with Crippen LogP contribution in [0.3, 0.4) is 0 Å². The summed E-state index contributed by atoms with van der Waals surface area (Å²) in [6.07, 6.45) is -0.130. The van der Waals surface area contributed by atoms with Crippen molar-refractivity contribution in [3.05, 3.63) is 53.3 Å². The van der Waals surface area contributed by atoms with E-state index in [-0.39, 0.29) is 29.7 Å². The molecule has 4 rings (SSSR count). The lowest BCUT2D eigenvalue weighted by Crippen LogP contribution is -2.36. The first-order chi connectivity index (χ1) is 14.6. The fourth-order valence-electron chi connectivity index (χ4n) is 4.82. The third-order valence-corrected chi connectivity index (χ3v) is 6.43. The lowest BCUT2D eigenvalue weighted by molar-refractivity contribution is -0.138. The van der Waals surface area contributed by atoms with Crippen LogP contribution in [0, 0.1) is 11.8 Å². The molecule has 2 amide bonds. The molecule has 166 valence electrons. The minimum atomic E-state index is -4.37. The van der Waals surface area contributed by atoms with E-state index in [1.54, 1.807) is 11.0 Å². The molecule has 31 heavy (non-hydrogen) atoms. The standard InChI is InChI=1S/C21H24F3N5O2/c1-27(9-13-4-2-3-5-18(13)21(22,23)24)17-6-14-10-28(11-15(14)7-17)20(31)29-12-16(8-26-29)19(25)30/h2-5,8,12,14-15,17H,6-7,9-11H2,1H3,(H2,25,30)/t14-,15+,17-. The van der Waals surface area contributed by atoms with Crippen LogP contribution in [0.4, 0.5) is 18.0 Å². The number of alkyl halides is 3. The van der Waals surface area contributed by atoms with Crippen LogP contribution in [0.1, 0.15) is 34.3 Å². The van der Waals surface area contributed by atoms with Gasteiger partial charge in [0.15, 0.2) is 0 Å². The van der Waals surface area contributed by atoms with Gasteiger partial charge >= 0.3 is 12.2 Å². The summed E-state index contributed by atoms with van der Waals surface area (Å²) < 4.78 is 41.0. The molecule has 7 nitrogen and oxygen atoms in total. The van der Waals surface area contributed by atoms with Gasteiger partial charge in [-0.05, 0) is 43.4 Å². The van der Waals surface area contributed by atoms with Gasteiger partial charge in [0.2, 0.25) is 0 Å². The Morgan fingerprint density at radius 3 is 2.42 bits per heavy atom. The van der Waals surface area contributed by atoms with E-state index in [9.17, 15) is 22.8 Å². The zero-order valence-electron chi connectivity index (χ0n) is 17.0. The van der Waals surface area contributed by atoms with Crippen LogP contribution >= 0.6 is 0 Å². The normalized spacial score (nSPS) is 23.4. The van der Waals surface area contributed by atoms with Crippen LogP contribution in [-0.2, 0) is 12.7 Å². The molecule has 1 aromatic carbocycles. The van der Waals surface area contributed by atoms with E-state index in [4.69, 9.17) is 5.73 Å². The number of halogens is 3. The molecule has 0 radical (unpaired) electrons. The quantitative estimate of drug-likeness (QED) is 0.801. The summed E-state index contributed by atoms with van der Waals surface area (Å²) in [5, 5.41) is 3.92. The van der Waals surface area contributed by atoms with E-state index in [0.717, 1.165) is 23.6 Å². The maximum atomic E-state index is 13.3. The van der Waals surface area contributed by atoms with Crippen LogP contribution in [0.5, 0.6) is 0 Å². The maximum Gasteiger partial charge on any atom is 0.416 e. The number of fused-ring (bicyclic) bond motifs is 1. The molecule has 2 aromatic rings. The molecule has 0 unspecified atom stereocenters. The summed E-state index contributed by atoms with van der Waals surface area (Å²) in [5.41, 5.74) is 5.06. The van der Waals surface area contributed by atoms with E-state index in [0.29, 0.717) is 24.9 Å². The number of carbonyl (C=O) groups is 2. The van der Waals surface area contributed by atoms with Crippen molar-refractivity contribution in [2.24, 2.45) is 17.6 Å². The Labute approximate surface area is 177 Å². The summed E-state index contributed by atoms with van der Waals surface area (Å²) in [6, 6.07) is 5.55. The number of rotatable bonds is 4. The van der Waals surface area contributed by atoms with Crippen LogP contribution in [0.25, 0.3) is 0 Å². The summed E-state index contributed by atoms with van der Waals surface area (Å²) in [7, 11) is 1.86. The maximum absolute atomic E-state index is 13.3. The molecule has 2 aliphatic rings. The van der Waals surface area contributed by atoms with Crippen LogP contribution in [0.2, 0.25) is 0 Å². The van der Waals surface area contributed by atoms with Gasteiger partial charge in [-0.2, -0.15) is 23.0 Å². The topological polar surface area (TPSA) is 84.5 Å². The zero-order valence-corrected chi connectivity index (χ0v) is 17.0. The monoisotopic (exact) mass is 435 g/mol. The molecular weight excluding hydrogens is 411 g/mol. The average molecular weight is 435 g/mol. The fourth-order valence-corrected chi connectivity index (χ4v) is 4.82. The van der Waals surface area contributed by atoms with Crippen molar-refractivity contribution in [1.29, 1.82) is 0 Å². The highest BCUT2D eigenvalue weighted by atomic mass is 19.4. The number of hydrogen-bond acceptors (Lipinski definition) is 4. The highest BCUT2D eigenvalue weighted by Crippen LogP contribution is 2.41. The molecule has 2 N–H and O–H groups in total. The molecule has 1 aromatic heterocycles. The molecule has 3 atom stereocenters. The van der Waals surface area contributed by atoms with Crippen molar-refractivity contribution in [3.63, 3.8) is 0 Å². The van der Waals surface area contributed by atoms with Crippen molar-refractivity contribution in [3.8, 4) is 0 Å². The van der Waals surface area contributed by atoms with Gasteiger partial charge in [0.1, 0.15) is 0 Å². The number of nitrogens with two attached hydrogens (primary N) is 1. The van der Waals surface area contributed by atoms with Gasteiger partial charge in [0.05, 0.1) is 17.3 Å². The summed E-state index contributed by atoms with van der Waals surface area (Å²) in [6.45, 7) is 1.36. The summed E-state index contributed by atoms with van der Waals surface area (Å²) in [4.78, 5) is 27.6. The largest absolute Gasteiger partial charge is 0.416 e. The number of likely N-dealkylation sites (tertiary alicyclic amines) is 1. The van der Waals surface area contributed by atoms with Crippen molar-refractivity contribution in [1.82, 2.24) is 19.6 Å². The molecule has 0 spiro atoms. The van der Waals surface area contributed by atoms with Crippen molar-refractivity contribution in [2.45, 2.75) is 31.6 Å². The van der Waals surface area contributed by atoms with E-state index < -0.39 is 17.6 Å². The summed E-state index contributed by atoms with van der Waals surface area (Å²) >= 11 is 0. The lowest BCUT2D eigenvalue weighted by atomic mass is 10.0.